The quantitative estimate of drug-likeness (QED) is 0.740. The average Bonchev–Trinajstić information content (AvgIpc) is 3.10. The molecule has 2 aliphatic rings. The molecule has 1 aromatic heterocycles. The summed E-state index contributed by atoms with van der Waals surface area (Å²) in [4.78, 5) is 26.7. The van der Waals surface area contributed by atoms with E-state index >= 15 is 0 Å². The Hall–Kier alpha value is -2.54. The number of anilines is 1. The zero-order valence-corrected chi connectivity index (χ0v) is 17.5. The van der Waals surface area contributed by atoms with Gasteiger partial charge in [0.15, 0.2) is 11.5 Å². The molecule has 7 heteroatoms. The first-order valence-electron chi connectivity index (χ1n) is 10.1. The van der Waals surface area contributed by atoms with E-state index in [0.29, 0.717) is 34.6 Å². The van der Waals surface area contributed by atoms with E-state index < -0.39 is 6.10 Å². The first-order chi connectivity index (χ1) is 14.1. The number of benzene rings is 1. The van der Waals surface area contributed by atoms with E-state index in [1.54, 1.807) is 19.1 Å². The fourth-order valence-corrected chi connectivity index (χ4v) is 5.20. The Morgan fingerprint density at radius 3 is 2.79 bits per heavy atom. The van der Waals surface area contributed by atoms with Crippen LogP contribution in [-0.4, -0.2) is 31.2 Å². The van der Waals surface area contributed by atoms with Crippen LogP contribution < -0.4 is 14.8 Å². The average molecular weight is 416 g/mol. The van der Waals surface area contributed by atoms with Crippen molar-refractivity contribution in [1.29, 1.82) is 0 Å². The summed E-state index contributed by atoms with van der Waals surface area (Å²) in [6, 6.07) is 7.26. The zero-order valence-electron chi connectivity index (χ0n) is 16.7. The van der Waals surface area contributed by atoms with Crippen LogP contribution in [0.15, 0.2) is 24.3 Å². The highest BCUT2D eigenvalue weighted by Crippen LogP contribution is 2.41. The third kappa shape index (κ3) is 3.96. The van der Waals surface area contributed by atoms with E-state index in [-0.39, 0.29) is 18.5 Å². The van der Waals surface area contributed by atoms with E-state index in [0.717, 1.165) is 31.2 Å². The number of thiophene rings is 1. The molecule has 154 valence electrons. The molecule has 6 nitrogen and oxygen atoms in total. The van der Waals surface area contributed by atoms with Crippen molar-refractivity contribution in [2.75, 3.05) is 18.5 Å². The summed E-state index contributed by atoms with van der Waals surface area (Å²) in [6.45, 7) is 4.40. The van der Waals surface area contributed by atoms with Crippen molar-refractivity contribution in [1.82, 2.24) is 0 Å². The number of fused-ring (bicyclic) bond motifs is 2. The Bertz CT molecular complexity index is 922. The number of hydrogen-bond acceptors (Lipinski definition) is 6. The van der Waals surface area contributed by atoms with Crippen LogP contribution >= 0.6 is 11.3 Å². The standard InChI is InChI=1S/C22H25NO5S/c1-3-13-9-10-14-18(11-13)29-21(19(14)22(25)26-4-2)23-20(24)17-12-27-15-7-5-6-8-16(15)28-17/h5-8,13,17H,3-4,9-12H2,1-2H3,(H,23,24). The van der Waals surface area contributed by atoms with Crippen molar-refractivity contribution >= 4 is 28.2 Å². The van der Waals surface area contributed by atoms with Gasteiger partial charge in [-0.15, -0.1) is 11.3 Å². The highest BCUT2D eigenvalue weighted by molar-refractivity contribution is 7.17. The van der Waals surface area contributed by atoms with Gasteiger partial charge in [0.25, 0.3) is 5.91 Å². The lowest BCUT2D eigenvalue weighted by Gasteiger charge is -2.25. The number of hydrogen-bond donors (Lipinski definition) is 1. The molecular formula is C22H25NO5S. The van der Waals surface area contributed by atoms with Crippen LogP contribution in [0.3, 0.4) is 0 Å². The third-order valence-electron chi connectivity index (χ3n) is 5.46. The fraction of sp³-hybridized carbons (Fsp3) is 0.455. The Morgan fingerprint density at radius 2 is 2.03 bits per heavy atom. The van der Waals surface area contributed by atoms with E-state index in [1.165, 1.54) is 16.2 Å². The molecule has 4 rings (SSSR count). The maximum atomic E-state index is 12.9. The minimum absolute atomic E-state index is 0.126. The summed E-state index contributed by atoms with van der Waals surface area (Å²) in [7, 11) is 0. The van der Waals surface area contributed by atoms with Crippen molar-refractivity contribution in [3.05, 3.63) is 40.3 Å². The van der Waals surface area contributed by atoms with Gasteiger partial charge in [0, 0.05) is 4.88 Å². The van der Waals surface area contributed by atoms with Crippen molar-refractivity contribution < 1.29 is 23.8 Å². The Morgan fingerprint density at radius 1 is 1.24 bits per heavy atom. The second kappa shape index (κ2) is 8.45. The van der Waals surface area contributed by atoms with Gasteiger partial charge in [0.05, 0.1) is 12.2 Å². The minimum atomic E-state index is -0.775. The van der Waals surface area contributed by atoms with Gasteiger partial charge < -0.3 is 19.5 Å². The number of para-hydroxylation sites is 2. The first kappa shape index (κ1) is 19.8. The van der Waals surface area contributed by atoms with Crippen LogP contribution in [0.2, 0.25) is 0 Å². The minimum Gasteiger partial charge on any atom is -0.485 e. The summed E-state index contributed by atoms with van der Waals surface area (Å²) in [6.07, 6.45) is 3.17. The number of carbonyl (C=O) groups is 2. The van der Waals surface area contributed by atoms with E-state index in [9.17, 15) is 9.59 Å². The van der Waals surface area contributed by atoms with Gasteiger partial charge in [0.2, 0.25) is 6.10 Å². The van der Waals surface area contributed by atoms with Gasteiger partial charge in [-0.05, 0) is 49.8 Å². The second-order valence-corrected chi connectivity index (χ2v) is 8.40. The molecule has 29 heavy (non-hydrogen) atoms. The predicted molar refractivity (Wildman–Crippen MR) is 111 cm³/mol. The molecule has 0 spiro atoms. The molecule has 2 heterocycles. The van der Waals surface area contributed by atoms with Crippen LogP contribution in [0.4, 0.5) is 5.00 Å². The first-order valence-corrected chi connectivity index (χ1v) is 10.9. The molecule has 2 aromatic rings. The Balaban J connectivity index is 1.57. The summed E-state index contributed by atoms with van der Waals surface area (Å²) in [5, 5.41) is 3.47. The molecule has 0 radical (unpaired) electrons. The third-order valence-corrected chi connectivity index (χ3v) is 6.63. The van der Waals surface area contributed by atoms with Crippen LogP contribution in [0, 0.1) is 5.92 Å². The molecule has 1 aliphatic heterocycles. The summed E-state index contributed by atoms with van der Waals surface area (Å²) < 4.78 is 16.7. The largest absolute Gasteiger partial charge is 0.485 e. The van der Waals surface area contributed by atoms with Crippen LogP contribution in [0.1, 0.15) is 47.5 Å². The topological polar surface area (TPSA) is 73.9 Å². The number of rotatable bonds is 5. The monoisotopic (exact) mass is 415 g/mol. The smallest absolute Gasteiger partial charge is 0.341 e. The van der Waals surface area contributed by atoms with E-state index in [4.69, 9.17) is 14.2 Å². The Kier molecular flexibility index (Phi) is 5.76. The van der Waals surface area contributed by atoms with Crippen LogP contribution in [0.25, 0.3) is 0 Å². The van der Waals surface area contributed by atoms with Crippen molar-refractivity contribution in [3.8, 4) is 11.5 Å². The van der Waals surface area contributed by atoms with Crippen molar-refractivity contribution in [3.63, 3.8) is 0 Å². The molecular weight excluding hydrogens is 390 g/mol. The van der Waals surface area contributed by atoms with Gasteiger partial charge in [-0.3, -0.25) is 4.79 Å². The molecule has 1 N–H and O–H groups in total. The van der Waals surface area contributed by atoms with Gasteiger partial charge in [-0.25, -0.2) is 4.79 Å². The molecule has 0 saturated carbocycles. The molecule has 2 atom stereocenters. The van der Waals surface area contributed by atoms with Gasteiger partial charge in [0.1, 0.15) is 11.6 Å². The number of ether oxygens (including phenoxy) is 3. The second-order valence-electron chi connectivity index (χ2n) is 7.30. The lowest BCUT2D eigenvalue weighted by atomic mass is 9.85. The zero-order chi connectivity index (χ0) is 20.4. The molecule has 0 bridgehead atoms. The molecule has 1 aliphatic carbocycles. The van der Waals surface area contributed by atoms with E-state index in [2.05, 4.69) is 12.2 Å². The summed E-state index contributed by atoms with van der Waals surface area (Å²) in [5.41, 5.74) is 1.53. The molecule has 0 fully saturated rings. The number of esters is 1. The number of nitrogens with one attached hydrogen (secondary N) is 1. The predicted octanol–water partition coefficient (Wildman–Crippen LogP) is 4.22. The highest BCUT2D eigenvalue weighted by Gasteiger charge is 2.33. The lowest BCUT2D eigenvalue weighted by molar-refractivity contribution is -0.125. The van der Waals surface area contributed by atoms with Crippen molar-refractivity contribution in [2.24, 2.45) is 5.92 Å². The van der Waals surface area contributed by atoms with Crippen LogP contribution in [0.5, 0.6) is 11.5 Å². The van der Waals surface area contributed by atoms with Gasteiger partial charge >= 0.3 is 5.97 Å². The van der Waals surface area contributed by atoms with Crippen molar-refractivity contribution in [2.45, 2.75) is 45.6 Å². The molecule has 2 unspecified atom stereocenters. The summed E-state index contributed by atoms with van der Waals surface area (Å²) >= 11 is 1.48. The molecule has 0 saturated heterocycles. The van der Waals surface area contributed by atoms with Gasteiger partial charge in [-0.1, -0.05) is 25.5 Å². The normalized spacial score (nSPS) is 19.9. The lowest BCUT2D eigenvalue weighted by Crippen LogP contribution is -2.40. The Labute approximate surface area is 174 Å². The number of amides is 1. The van der Waals surface area contributed by atoms with Gasteiger partial charge in [-0.2, -0.15) is 0 Å². The summed E-state index contributed by atoms with van der Waals surface area (Å²) in [5.74, 6) is 1.09. The maximum absolute atomic E-state index is 12.9. The SMILES string of the molecule is CCOC(=O)c1c(NC(=O)C2COc3ccccc3O2)sc2c1CCC(CC)C2. The molecule has 1 amide bonds. The van der Waals surface area contributed by atoms with E-state index in [1.807, 2.05) is 12.1 Å². The molecule has 1 aromatic carbocycles. The highest BCUT2D eigenvalue weighted by atomic mass is 32.1. The number of carbonyl (C=O) groups excluding carboxylic acids is 2. The fourth-order valence-electron chi connectivity index (χ4n) is 3.85. The van der Waals surface area contributed by atoms with Crippen LogP contribution in [-0.2, 0) is 22.4 Å². The maximum Gasteiger partial charge on any atom is 0.341 e.